The van der Waals surface area contributed by atoms with E-state index in [1.807, 2.05) is 52.2 Å². The van der Waals surface area contributed by atoms with Gasteiger partial charge in [0.15, 0.2) is 0 Å². The highest BCUT2D eigenvalue weighted by molar-refractivity contribution is 6.00. The first-order valence-corrected chi connectivity index (χ1v) is 9.88. The monoisotopic (exact) mass is 390 g/mol. The van der Waals surface area contributed by atoms with E-state index < -0.39 is 0 Å². The van der Waals surface area contributed by atoms with Gasteiger partial charge in [0.1, 0.15) is 12.2 Å². The van der Waals surface area contributed by atoms with Crippen molar-refractivity contribution in [3.63, 3.8) is 0 Å². The molecule has 2 aliphatic heterocycles. The molecule has 7 nitrogen and oxygen atoms in total. The van der Waals surface area contributed by atoms with Crippen LogP contribution in [0.5, 0.6) is 5.88 Å². The molecule has 1 aromatic carbocycles. The van der Waals surface area contributed by atoms with Crippen LogP contribution in [0.25, 0.3) is 5.69 Å². The number of benzene rings is 1. The molecule has 0 spiro atoms. The number of nitrogens with zero attached hydrogens (tertiary/aromatic N) is 4. The second-order valence-electron chi connectivity index (χ2n) is 7.37. The van der Waals surface area contributed by atoms with Crippen molar-refractivity contribution in [1.82, 2.24) is 19.7 Å². The Morgan fingerprint density at radius 2 is 2.07 bits per heavy atom. The molecule has 0 aliphatic carbocycles. The molecule has 2 aliphatic rings. The van der Waals surface area contributed by atoms with Gasteiger partial charge in [-0.15, -0.1) is 0 Å². The first kappa shape index (κ1) is 17.9. The second-order valence-corrected chi connectivity index (χ2v) is 7.37. The van der Waals surface area contributed by atoms with E-state index in [0.29, 0.717) is 31.1 Å². The molecular weight excluding hydrogens is 368 g/mol. The molecule has 0 radical (unpaired) electrons. The number of hydrogen-bond donors (Lipinski definition) is 0. The van der Waals surface area contributed by atoms with E-state index in [1.54, 1.807) is 12.4 Å². The quantitative estimate of drug-likeness (QED) is 0.647. The van der Waals surface area contributed by atoms with E-state index in [9.17, 15) is 4.79 Å². The van der Waals surface area contributed by atoms with E-state index in [0.717, 1.165) is 36.3 Å². The largest absolute Gasteiger partial charge is 0.474 e. The normalized spacial score (nSPS) is 18.3. The molecule has 4 heterocycles. The van der Waals surface area contributed by atoms with Crippen LogP contribution in [0.1, 0.15) is 34.3 Å². The molecule has 0 N–H and O–H groups in total. The summed E-state index contributed by atoms with van der Waals surface area (Å²) in [5.74, 6) is 0.381. The van der Waals surface area contributed by atoms with Crippen LogP contribution in [0.2, 0.25) is 0 Å². The molecule has 3 aromatic rings. The summed E-state index contributed by atoms with van der Waals surface area (Å²) in [5.41, 5.74) is 3.60. The third-order valence-electron chi connectivity index (χ3n) is 5.37. The highest BCUT2D eigenvalue weighted by Crippen LogP contribution is 2.30. The van der Waals surface area contributed by atoms with Crippen LogP contribution >= 0.6 is 0 Å². The lowest BCUT2D eigenvalue weighted by molar-refractivity contribution is 0.0643. The summed E-state index contributed by atoms with van der Waals surface area (Å²) in [5, 5.41) is 4.24. The molecule has 1 fully saturated rings. The van der Waals surface area contributed by atoms with Gasteiger partial charge in [-0.2, -0.15) is 5.10 Å². The number of carbonyl (C=O) groups is 1. The Hall–Kier alpha value is -3.19. The maximum absolute atomic E-state index is 13.0. The van der Waals surface area contributed by atoms with E-state index in [2.05, 4.69) is 10.1 Å². The minimum Gasteiger partial charge on any atom is -0.474 e. The van der Waals surface area contributed by atoms with Gasteiger partial charge in [-0.1, -0.05) is 12.1 Å². The van der Waals surface area contributed by atoms with Crippen molar-refractivity contribution in [3.05, 3.63) is 71.7 Å². The molecular formula is C22H22N4O3. The van der Waals surface area contributed by atoms with Crippen molar-refractivity contribution < 1.29 is 14.3 Å². The minimum atomic E-state index is -0.0356. The molecule has 5 rings (SSSR count). The third kappa shape index (κ3) is 3.61. The average molecular weight is 390 g/mol. The number of rotatable bonds is 6. The van der Waals surface area contributed by atoms with E-state index in [-0.39, 0.29) is 12.0 Å². The summed E-state index contributed by atoms with van der Waals surface area (Å²) in [6.07, 6.45) is 7.50. The maximum atomic E-state index is 13.0. The number of aromatic nitrogens is 3. The molecule has 0 bridgehead atoms. The van der Waals surface area contributed by atoms with Crippen LogP contribution in [0.15, 0.2) is 55.0 Å². The Labute approximate surface area is 168 Å². The van der Waals surface area contributed by atoms with Gasteiger partial charge in [0.05, 0.1) is 11.8 Å². The molecule has 1 saturated heterocycles. The van der Waals surface area contributed by atoms with Crippen LogP contribution in [-0.2, 0) is 17.8 Å². The Morgan fingerprint density at radius 3 is 2.83 bits per heavy atom. The fourth-order valence-corrected chi connectivity index (χ4v) is 3.86. The zero-order valence-electron chi connectivity index (χ0n) is 16.0. The minimum absolute atomic E-state index is 0.0356. The highest BCUT2D eigenvalue weighted by Gasteiger charge is 2.32. The van der Waals surface area contributed by atoms with Gasteiger partial charge in [0.25, 0.3) is 5.91 Å². The standard InChI is InChI=1S/C22H22N4O3/c27-22-20-17(8-10-23-21(20)29-15-19-3-1-12-28-19)14-25(22)13-16-4-6-18(7-5-16)26-11-2-9-24-26/h2,4-11,19H,1,3,12-15H2. The zero-order chi connectivity index (χ0) is 19.6. The number of pyridine rings is 1. The smallest absolute Gasteiger partial charge is 0.260 e. The van der Waals surface area contributed by atoms with E-state index >= 15 is 0 Å². The van der Waals surface area contributed by atoms with E-state index in [1.165, 1.54) is 0 Å². The maximum Gasteiger partial charge on any atom is 0.260 e. The van der Waals surface area contributed by atoms with E-state index in [4.69, 9.17) is 9.47 Å². The summed E-state index contributed by atoms with van der Waals surface area (Å²) in [7, 11) is 0. The number of ether oxygens (including phenoxy) is 2. The van der Waals surface area contributed by atoms with Gasteiger partial charge < -0.3 is 14.4 Å². The molecule has 7 heteroatoms. The fourth-order valence-electron chi connectivity index (χ4n) is 3.86. The third-order valence-corrected chi connectivity index (χ3v) is 5.37. The van der Waals surface area contributed by atoms with Crippen molar-refractivity contribution in [3.8, 4) is 11.6 Å². The van der Waals surface area contributed by atoms with Crippen molar-refractivity contribution in [2.45, 2.75) is 32.0 Å². The van der Waals surface area contributed by atoms with Gasteiger partial charge in [-0.25, -0.2) is 9.67 Å². The first-order chi connectivity index (χ1) is 14.3. The Kier molecular flexibility index (Phi) is 4.73. The van der Waals surface area contributed by atoms with Crippen molar-refractivity contribution in [2.75, 3.05) is 13.2 Å². The van der Waals surface area contributed by atoms with Crippen molar-refractivity contribution in [1.29, 1.82) is 0 Å². The Morgan fingerprint density at radius 1 is 1.17 bits per heavy atom. The predicted octanol–water partition coefficient (Wildman–Crippen LogP) is 2.98. The summed E-state index contributed by atoms with van der Waals surface area (Å²) >= 11 is 0. The molecule has 0 saturated carbocycles. The molecule has 1 amide bonds. The summed E-state index contributed by atoms with van der Waals surface area (Å²) < 4.78 is 13.3. The first-order valence-electron chi connectivity index (χ1n) is 9.88. The molecule has 1 atom stereocenters. The number of carbonyl (C=O) groups excluding carboxylic acids is 1. The van der Waals surface area contributed by atoms with Crippen LogP contribution in [0.4, 0.5) is 0 Å². The number of fused-ring (bicyclic) bond motifs is 1. The topological polar surface area (TPSA) is 69.5 Å². The van der Waals surface area contributed by atoms with Crippen LogP contribution in [-0.4, -0.2) is 44.9 Å². The molecule has 29 heavy (non-hydrogen) atoms. The van der Waals surface area contributed by atoms with Gasteiger partial charge in [-0.3, -0.25) is 4.79 Å². The van der Waals surface area contributed by atoms with Crippen molar-refractivity contribution >= 4 is 5.91 Å². The molecule has 2 aromatic heterocycles. The lowest BCUT2D eigenvalue weighted by Crippen LogP contribution is -2.24. The zero-order valence-corrected chi connectivity index (χ0v) is 16.0. The van der Waals surface area contributed by atoms with Crippen LogP contribution in [0, 0.1) is 0 Å². The van der Waals surface area contributed by atoms with Gasteiger partial charge in [-0.05, 0) is 48.2 Å². The van der Waals surface area contributed by atoms with Gasteiger partial charge in [0.2, 0.25) is 5.88 Å². The van der Waals surface area contributed by atoms with Crippen molar-refractivity contribution in [2.24, 2.45) is 0 Å². The average Bonchev–Trinajstić information content (AvgIpc) is 3.50. The highest BCUT2D eigenvalue weighted by atomic mass is 16.5. The number of amides is 1. The van der Waals surface area contributed by atoms with Crippen LogP contribution in [0.3, 0.4) is 0 Å². The van der Waals surface area contributed by atoms with Gasteiger partial charge >= 0.3 is 0 Å². The molecule has 148 valence electrons. The lowest BCUT2D eigenvalue weighted by atomic mass is 10.2. The number of hydrogen-bond acceptors (Lipinski definition) is 5. The predicted molar refractivity (Wildman–Crippen MR) is 106 cm³/mol. The Balaban J connectivity index is 1.28. The lowest BCUT2D eigenvalue weighted by Gasteiger charge is -2.16. The van der Waals surface area contributed by atoms with Gasteiger partial charge in [0, 0.05) is 38.3 Å². The summed E-state index contributed by atoms with van der Waals surface area (Å²) in [6, 6.07) is 11.9. The second kappa shape index (κ2) is 7.67. The fraction of sp³-hybridized carbons (Fsp3) is 0.318. The SMILES string of the molecule is O=C1c2c(ccnc2OCC2CCCO2)CN1Cc1ccc(-n2cccn2)cc1. The summed E-state index contributed by atoms with van der Waals surface area (Å²) in [4.78, 5) is 19.2. The Bertz CT molecular complexity index is 995. The van der Waals surface area contributed by atoms with Crippen LogP contribution < -0.4 is 4.74 Å². The molecule has 1 unspecified atom stereocenters. The summed E-state index contributed by atoms with van der Waals surface area (Å²) in [6.45, 7) is 2.32.